The lowest BCUT2D eigenvalue weighted by atomic mass is 9.89. The van der Waals surface area contributed by atoms with E-state index in [1.807, 2.05) is 6.92 Å². The van der Waals surface area contributed by atoms with Gasteiger partial charge in [0, 0.05) is 6.54 Å². The van der Waals surface area contributed by atoms with E-state index in [1.165, 1.54) is 30.4 Å². The minimum Gasteiger partial charge on any atom is -0.376 e. The molecule has 2 amide bonds. The highest BCUT2D eigenvalue weighted by Gasteiger charge is 2.17. The van der Waals surface area contributed by atoms with E-state index in [1.54, 1.807) is 0 Å². The first-order valence-corrected chi connectivity index (χ1v) is 8.58. The third-order valence-corrected chi connectivity index (χ3v) is 4.60. The summed E-state index contributed by atoms with van der Waals surface area (Å²) in [6.07, 6.45) is 4.84. The Morgan fingerprint density at radius 1 is 1.26 bits per heavy atom. The van der Waals surface area contributed by atoms with E-state index < -0.39 is 0 Å². The zero-order valence-corrected chi connectivity index (χ0v) is 13.8. The van der Waals surface area contributed by atoms with Crippen molar-refractivity contribution in [3.8, 4) is 0 Å². The molecule has 1 aromatic rings. The molecule has 0 bridgehead atoms. The molecule has 1 saturated heterocycles. The number of carbonyl (C=O) groups is 1. The van der Waals surface area contributed by atoms with Crippen molar-refractivity contribution in [1.82, 2.24) is 10.6 Å². The average molecular weight is 318 g/mol. The number of ether oxygens (including phenoxy) is 2. The van der Waals surface area contributed by atoms with Crippen molar-refractivity contribution in [1.29, 1.82) is 0 Å². The first-order valence-electron chi connectivity index (χ1n) is 8.58. The van der Waals surface area contributed by atoms with Crippen molar-refractivity contribution >= 4 is 6.03 Å². The quantitative estimate of drug-likeness (QED) is 0.896. The van der Waals surface area contributed by atoms with Gasteiger partial charge in [0.15, 0.2) is 0 Å². The summed E-state index contributed by atoms with van der Waals surface area (Å²) in [5.74, 6) is 0. The minimum absolute atomic E-state index is 0.00856. The van der Waals surface area contributed by atoms with Gasteiger partial charge in [0.25, 0.3) is 0 Å². The summed E-state index contributed by atoms with van der Waals surface area (Å²) in [5.41, 5.74) is 4.07. The highest BCUT2D eigenvalue weighted by Crippen LogP contribution is 2.24. The summed E-state index contributed by atoms with van der Waals surface area (Å²) in [4.78, 5) is 12.0. The number of nitrogens with one attached hydrogen (secondary N) is 2. The van der Waals surface area contributed by atoms with Crippen LogP contribution < -0.4 is 10.6 Å². The molecule has 2 atom stereocenters. The van der Waals surface area contributed by atoms with Gasteiger partial charge < -0.3 is 20.1 Å². The Morgan fingerprint density at radius 2 is 2.09 bits per heavy atom. The zero-order chi connectivity index (χ0) is 16.1. The monoisotopic (exact) mass is 318 g/mol. The zero-order valence-electron chi connectivity index (χ0n) is 13.8. The van der Waals surface area contributed by atoms with Crippen molar-refractivity contribution in [3.05, 3.63) is 34.9 Å². The Bertz CT molecular complexity index is 541. The maximum atomic E-state index is 12.0. The molecule has 1 aliphatic heterocycles. The predicted octanol–water partition coefficient (Wildman–Crippen LogP) is 2.34. The summed E-state index contributed by atoms with van der Waals surface area (Å²) in [6, 6.07) is 6.42. The maximum Gasteiger partial charge on any atom is 0.315 e. The van der Waals surface area contributed by atoms with Gasteiger partial charge in [0.05, 0.1) is 32.0 Å². The highest BCUT2D eigenvalue weighted by molar-refractivity contribution is 5.74. The van der Waals surface area contributed by atoms with Crippen LogP contribution in [0.3, 0.4) is 0 Å². The Balaban J connectivity index is 1.49. The summed E-state index contributed by atoms with van der Waals surface area (Å²) in [6.45, 7) is 4.27. The molecule has 1 aromatic carbocycles. The number of urea groups is 1. The largest absolute Gasteiger partial charge is 0.376 e. The van der Waals surface area contributed by atoms with Gasteiger partial charge in [-0.25, -0.2) is 4.79 Å². The molecule has 3 rings (SSSR count). The van der Waals surface area contributed by atoms with E-state index in [2.05, 4.69) is 28.8 Å². The number of aryl methyl sites for hydroxylation is 2. The fourth-order valence-electron chi connectivity index (χ4n) is 3.21. The number of rotatable bonds is 4. The molecule has 23 heavy (non-hydrogen) atoms. The van der Waals surface area contributed by atoms with Gasteiger partial charge in [0.1, 0.15) is 0 Å². The first kappa shape index (κ1) is 16.3. The van der Waals surface area contributed by atoms with Gasteiger partial charge in [-0.15, -0.1) is 0 Å². The maximum absolute atomic E-state index is 12.0. The van der Waals surface area contributed by atoms with Gasteiger partial charge in [-0.1, -0.05) is 18.2 Å². The van der Waals surface area contributed by atoms with E-state index in [-0.39, 0.29) is 18.2 Å². The second kappa shape index (κ2) is 7.79. The number of amides is 2. The first-order chi connectivity index (χ1) is 11.2. The van der Waals surface area contributed by atoms with Crippen LogP contribution in [0.15, 0.2) is 18.2 Å². The van der Waals surface area contributed by atoms with Gasteiger partial charge in [-0.2, -0.15) is 0 Å². The van der Waals surface area contributed by atoms with Crippen molar-refractivity contribution in [2.45, 2.75) is 44.8 Å². The summed E-state index contributed by atoms with van der Waals surface area (Å²) >= 11 is 0. The van der Waals surface area contributed by atoms with Crippen LogP contribution in [-0.2, 0) is 22.3 Å². The molecular weight excluding hydrogens is 292 g/mol. The number of hydrogen-bond donors (Lipinski definition) is 2. The predicted molar refractivity (Wildman–Crippen MR) is 88.6 cm³/mol. The lowest BCUT2D eigenvalue weighted by Gasteiger charge is -2.24. The van der Waals surface area contributed by atoms with E-state index in [0.29, 0.717) is 26.4 Å². The second-order valence-electron chi connectivity index (χ2n) is 6.38. The third kappa shape index (κ3) is 4.45. The molecule has 0 spiro atoms. The molecule has 1 heterocycles. The number of hydrogen-bond acceptors (Lipinski definition) is 3. The van der Waals surface area contributed by atoms with Gasteiger partial charge >= 0.3 is 6.03 Å². The summed E-state index contributed by atoms with van der Waals surface area (Å²) in [7, 11) is 0. The number of benzene rings is 1. The topological polar surface area (TPSA) is 59.6 Å². The van der Waals surface area contributed by atoms with Crippen LogP contribution in [0.4, 0.5) is 4.79 Å². The average Bonchev–Trinajstić information content (AvgIpc) is 2.60. The Hall–Kier alpha value is -1.59. The van der Waals surface area contributed by atoms with E-state index >= 15 is 0 Å². The van der Waals surface area contributed by atoms with E-state index in [0.717, 1.165) is 12.0 Å². The van der Waals surface area contributed by atoms with Crippen LogP contribution >= 0.6 is 0 Å². The molecule has 2 N–H and O–H groups in total. The number of carbonyl (C=O) groups excluding carboxylic acids is 1. The smallest absolute Gasteiger partial charge is 0.315 e. The van der Waals surface area contributed by atoms with Crippen molar-refractivity contribution in [3.63, 3.8) is 0 Å². The third-order valence-electron chi connectivity index (χ3n) is 4.60. The highest BCUT2D eigenvalue weighted by atomic mass is 16.6. The molecule has 5 nitrogen and oxygen atoms in total. The normalized spacial score (nSPS) is 22.0. The molecule has 2 unspecified atom stereocenters. The van der Waals surface area contributed by atoms with Crippen LogP contribution in [0.5, 0.6) is 0 Å². The van der Waals surface area contributed by atoms with Crippen LogP contribution in [0, 0.1) is 0 Å². The van der Waals surface area contributed by atoms with Crippen LogP contribution in [-0.4, -0.2) is 38.5 Å². The van der Waals surface area contributed by atoms with Gasteiger partial charge in [-0.3, -0.25) is 0 Å². The lowest BCUT2D eigenvalue weighted by molar-refractivity contribution is -0.0853. The summed E-state index contributed by atoms with van der Waals surface area (Å²) < 4.78 is 10.8. The van der Waals surface area contributed by atoms with E-state index in [9.17, 15) is 4.79 Å². The molecule has 5 heteroatoms. The van der Waals surface area contributed by atoms with Crippen LogP contribution in [0.1, 0.15) is 42.5 Å². The van der Waals surface area contributed by atoms with Crippen molar-refractivity contribution in [2.75, 3.05) is 26.4 Å². The standard InChI is InChI=1S/C18H26N2O3/c1-13(15-7-6-14-4-2-3-5-16(14)10-15)20-18(21)19-11-17-12-22-8-9-23-17/h6-7,10,13,17H,2-5,8-9,11-12H2,1H3,(H2,19,20,21). The molecule has 1 aliphatic carbocycles. The molecule has 0 aromatic heterocycles. The van der Waals surface area contributed by atoms with E-state index in [4.69, 9.17) is 9.47 Å². The second-order valence-corrected chi connectivity index (χ2v) is 6.38. The lowest BCUT2D eigenvalue weighted by Crippen LogP contribution is -2.44. The molecule has 0 saturated carbocycles. The summed E-state index contributed by atoms with van der Waals surface area (Å²) in [5, 5.41) is 5.86. The minimum atomic E-state index is -0.163. The Morgan fingerprint density at radius 3 is 2.87 bits per heavy atom. The Labute approximate surface area is 137 Å². The molecule has 0 radical (unpaired) electrons. The molecule has 126 valence electrons. The van der Waals surface area contributed by atoms with Crippen molar-refractivity contribution < 1.29 is 14.3 Å². The van der Waals surface area contributed by atoms with Gasteiger partial charge in [-0.05, 0) is 49.3 Å². The van der Waals surface area contributed by atoms with Gasteiger partial charge in [0.2, 0.25) is 0 Å². The van der Waals surface area contributed by atoms with Crippen LogP contribution in [0.2, 0.25) is 0 Å². The SMILES string of the molecule is CC(NC(=O)NCC1COCCO1)c1ccc2c(c1)CCCC2. The molecule has 2 aliphatic rings. The van der Waals surface area contributed by atoms with Crippen molar-refractivity contribution in [2.24, 2.45) is 0 Å². The molecular formula is C18H26N2O3. The Kier molecular flexibility index (Phi) is 5.51. The number of fused-ring (bicyclic) bond motifs is 1. The van der Waals surface area contributed by atoms with Crippen LogP contribution in [0.25, 0.3) is 0 Å². The molecule has 1 fully saturated rings. The fraction of sp³-hybridized carbons (Fsp3) is 0.611. The fourth-order valence-corrected chi connectivity index (χ4v) is 3.21.